The lowest BCUT2D eigenvalue weighted by molar-refractivity contribution is -0.383. The van der Waals surface area contributed by atoms with Crippen LogP contribution in [0.4, 0.5) is 23.3 Å². The number of furan rings is 1. The van der Waals surface area contributed by atoms with Crippen molar-refractivity contribution >= 4 is 23.3 Å². The van der Waals surface area contributed by atoms with E-state index in [0.717, 1.165) is 26.2 Å². The third kappa shape index (κ3) is 3.38. The molecule has 0 aromatic carbocycles. The van der Waals surface area contributed by atoms with Gasteiger partial charge in [-0.15, -0.1) is 0 Å². The molecule has 3 heterocycles. The van der Waals surface area contributed by atoms with E-state index in [1.165, 1.54) is 6.26 Å². The highest BCUT2D eigenvalue weighted by atomic mass is 16.6. The maximum absolute atomic E-state index is 11.3. The van der Waals surface area contributed by atoms with E-state index < -0.39 is 4.92 Å². The molecule has 10 heteroatoms. The number of hydrogen-bond acceptors (Lipinski definition) is 9. The van der Waals surface area contributed by atoms with Crippen LogP contribution in [-0.4, -0.2) is 53.0 Å². The average Bonchev–Trinajstić information content (AvgIpc) is 3.06. The van der Waals surface area contributed by atoms with Gasteiger partial charge >= 0.3 is 5.69 Å². The highest BCUT2D eigenvalue weighted by molar-refractivity contribution is 5.70. The summed E-state index contributed by atoms with van der Waals surface area (Å²) in [6.45, 7) is 3.49. The first-order valence-electron chi connectivity index (χ1n) is 7.56. The zero-order valence-electron chi connectivity index (χ0n) is 13.3. The first kappa shape index (κ1) is 16.0. The van der Waals surface area contributed by atoms with Gasteiger partial charge in [0.05, 0.1) is 17.7 Å². The number of nitrogens with one attached hydrogen (secondary N) is 1. The molecule has 1 saturated heterocycles. The molecule has 0 amide bonds. The minimum atomic E-state index is -0.576. The molecular formula is C14H19N7O3. The van der Waals surface area contributed by atoms with Crippen LogP contribution in [0.2, 0.25) is 0 Å². The first-order chi connectivity index (χ1) is 11.5. The molecule has 0 atom stereocenters. The van der Waals surface area contributed by atoms with Crippen molar-refractivity contribution in [3.63, 3.8) is 0 Å². The summed E-state index contributed by atoms with van der Waals surface area (Å²) in [5.74, 6) is 0.986. The quantitative estimate of drug-likeness (QED) is 0.606. The number of nitrogens with two attached hydrogens (primary N) is 1. The number of nitro groups is 1. The Hall–Kier alpha value is -2.88. The maximum atomic E-state index is 11.3. The third-order valence-electron chi connectivity index (χ3n) is 3.88. The molecule has 1 aliphatic rings. The zero-order valence-corrected chi connectivity index (χ0v) is 13.3. The van der Waals surface area contributed by atoms with Crippen molar-refractivity contribution in [3.05, 3.63) is 34.3 Å². The van der Waals surface area contributed by atoms with Crippen LogP contribution in [0.25, 0.3) is 0 Å². The summed E-state index contributed by atoms with van der Waals surface area (Å²) < 4.78 is 5.22. The molecule has 3 N–H and O–H groups in total. The van der Waals surface area contributed by atoms with Crippen LogP contribution < -0.4 is 16.0 Å². The molecule has 24 heavy (non-hydrogen) atoms. The van der Waals surface area contributed by atoms with Crippen molar-refractivity contribution in [3.8, 4) is 0 Å². The fraction of sp³-hybridized carbons (Fsp3) is 0.429. The standard InChI is InChI=1S/C14H19N7O3/c1-19-4-6-20(7-5-19)14-17-12(15)11(21(22)23)13(18-14)16-9-10-3-2-8-24-10/h2-3,8H,4-7,9H2,1H3,(H3,15,16,17,18). The fourth-order valence-corrected chi connectivity index (χ4v) is 2.50. The summed E-state index contributed by atoms with van der Waals surface area (Å²) >= 11 is 0. The van der Waals surface area contributed by atoms with Gasteiger partial charge < -0.3 is 25.3 Å². The minimum Gasteiger partial charge on any atom is -0.467 e. The number of piperazine rings is 1. The van der Waals surface area contributed by atoms with E-state index in [4.69, 9.17) is 10.2 Å². The van der Waals surface area contributed by atoms with Crippen LogP contribution in [0.15, 0.2) is 22.8 Å². The monoisotopic (exact) mass is 333 g/mol. The van der Waals surface area contributed by atoms with Crippen LogP contribution in [0, 0.1) is 10.1 Å². The molecule has 1 aliphatic heterocycles. The Balaban J connectivity index is 1.87. The van der Waals surface area contributed by atoms with Crippen molar-refractivity contribution < 1.29 is 9.34 Å². The van der Waals surface area contributed by atoms with E-state index in [1.807, 2.05) is 11.9 Å². The molecule has 2 aromatic rings. The van der Waals surface area contributed by atoms with Crippen molar-refractivity contribution in [1.29, 1.82) is 0 Å². The number of nitrogen functional groups attached to an aromatic ring is 1. The number of likely N-dealkylation sites (N-methyl/N-ethyl adjacent to an activating group) is 1. The van der Waals surface area contributed by atoms with Gasteiger partial charge in [0.25, 0.3) is 0 Å². The molecule has 10 nitrogen and oxygen atoms in total. The molecular weight excluding hydrogens is 314 g/mol. The molecule has 0 aliphatic carbocycles. The van der Waals surface area contributed by atoms with Gasteiger partial charge in [-0.05, 0) is 19.2 Å². The minimum absolute atomic E-state index is 0.0952. The SMILES string of the molecule is CN1CCN(c2nc(N)c([N+](=O)[O-])c(NCc3ccco3)n2)CC1. The predicted molar refractivity (Wildman–Crippen MR) is 88.8 cm³/mol. The second-order valence-corrected chi connectivity index (χ2v) is 5.59. The Labute approximate surface area is 138 Å². The first-order valence-corrected chi connectivity index (χ1v) is 7.56. The molecule has 2 aromatic heterocycles. The van der Waals surface area contributed by atoms with Gasteiger partial charge in [-0.3, -0.25) is 10.1 Å². The van der Waals surface area contributed by atoms with Crippen LogP contribution in [0.3, 0.4) is 0 Å². The van der Waals surface area contributed by atoms with E-state index in [2.05, 4.69) is 20.2 Å². The summed E-state index contributed by atoms with van der Waals surface area (Å²) in [7, 11) is 2.04. The molecule has 0 spiro atoms. The summed E-state index contributed by atoms with van der Waals surface area (Å²) in [6.07, 6.45) is 1.54. The largest absolute Gasteiger partial charge is 0.467 e. The highest BCUT2D eigenvalue weighted by Crippen LogP contribution is 2.30. The number of aromatic nitrogens is 2. The van der Waals surface area contributed by atoms with Crippen LogP contribution in [0.1, 0.15) is 5.76 Å². The van der Waals surface area contributed by atoms with Gasteiger partial charge in [0.2, 0.25) is 17.6 Å². The summed E-state index contributed by atoms with van der Waals surface area (Å²) in [4.78, 5) is 23.3. The molecule has 128 valence electrons. The maximum Gasteiger partial charge on any atom is 0.353 e. The van der Waals surface area contributed by atoms with E-state index >= 15 is 0 Å². The van der Waals surface area contributed by atoms with Gasteiger partial charge in [0.1, 0.15) is 5.76 Å². The van der Waals surface area contributed by atoms with Crippen LogP contribution in [-0.2, 0) is 6.54 Å². The molecule has 3 rings (SSSR count). The third-order valence-corrected chi connectivity index (χ3v) is 3.88. The van der Waals surface area contributed by atoms with Gasteiger partial charge in [-0.25, -0.2) is 0 Å². The Morgan fingerprint density at radius 3 is 2.75 bits per heavy atom. The Morgan fingerprint density at radius 1 is 1.38 bits per heavy atom. The van der Waals surface area contributed by atoms with E-state index in [1.54, 1.807) is 12.1 Å². The van der Waals surface area contributed by atoms with E-state index in [9.17, 15) is 10.1 Å². The smallest absolute Gasteiger partial charge is 0.353 e. The predicted octanol–water partition coefficient (Wildman–Crippen LogP) is 0.924. The average molecular weight is 333 g/mol. The molecule has 0 bridgehead atoms. The lowest BCUT2D eigenvalue weighted by Crippen LogP contribution is -2.45. The van der Waals surface area contributed by atoms with Gasteiger partial charge in [-0.2, -0.15) is 9.97 Å². The fourth-order valence-electron chi connectivity index (χ4n) is 2.50. The van der Waals surface area contributed by atoms with Crippen LogP contribution in [0.5, 0.6) is 0 Å². The van der Waals surface area contributed by atoms with Crippen molar-refractivity contribution in [2.75, 3.05) is 49.2 Å². The van der Waals surface area contributed by atoms with Crippen LogP contribution >= 0.6 is 0 Å². The summed E-state index contributed by atoms with van der Waals surface area (Å²) in [6, 6.07) is 3.51. The Bertz CT molecular complexity index is 711. The number of hydrogen-bond donors (Lipinski definition) is 2. The van der Waals surface area contributed by atoms with Crippen molar-refractivity contribution in [2.24, 2.45) is 0 Å². The van der Waals surface area contributed by atoms with Gasteiger partial charge in [-0.1, -0.05) is 0 Å². The second-order valence-electron chi connectivity index (χ2n) is 5.59. The zero-order chi connectivity index (χ0) is 17.1. The number of anilines is 3. The Kier molecular flexibility index (Phi) is 4.47. The summed E-state index contributed by atoms with van der Waals surface area (Å²) in [5, 5.41) is 14.2. The van der Waals surface area contributed by atoms with Crippen molar-refractivity contribution in [2.45, 2.75) is 6.54 Å². The molecule has 1 fully saturated rings. The highest BCUT2D eigenvalue weighted by Gasteiger charge is 2.26. The number of nitrogens with zero attached hydrogens (tertiary/aromatic N) is 5. The number of rotatable bonds is 5. The lowest BCUT2D eigenvalue weighted by atomic mass is 10.3. The topological polar surface area (TPSA) is 127 Å². The molecule has 0 saturated carbocycles. The molecule has 0 radical (unpaired) electrons. The summed E-state index contributed by atoms with van der Waals surface area (Å²) in [5.41, 5.74) is 5.49. The van der Waals surface area contributed by atoms with E-state index in [0.29, 0.717) is 11.7 Å². The van der Waals surface area contributed by atoms with Gasteiger partial charge in [0.15, 0.2) is 0 Å². The second kappa shape index (κ2) is 6.71. The normalized spacial score (nSPS) is 15.5. The van der Waals surface area contributed by atoms with Crippen molar-refractivity contribution in [1.82, 2.24) is 14.9 Å². The Morgan fingerprint density at radius 2 is 2.12 bits per heavy atom. The lowest BCUT2D eigenvalue weighted by Gasteiger charge is -2.32. The van der Waals surface area contributed by atoms with E-state index in [-0.39, 0.29) is 23.9 Å². The van der Waals surface area contributed by atoms with Gasteiger partial charge in [0, 0.05) is 26.2 Å². The molecule has 0 unspecified atom stereocenters.